The Balaban J connectivity index is 1.47. The number of carbonyl (C=O) groups excluding carboxylic acids is 2. The molecular formula is C30H27ClN2O4. The van der Waals surface area contributed by atoms with E-state index in [1.54, 1.807) is 0 Å². The van der Waals surface area contributed by atoms with E-state index in [2.05, 4.69) is 17.2 Å². The number of aromatic nitrogens is 1. The topological polar surface area (TPSA) is 84.3 Å². The molecule has 2 heterocycles. The molecule has 0 aliphatic heterocycles. The van der Waals surface area contributed by atoms with Crippen LogP contribution in [-0.2, 0) is 22.4 Å². The highest BCUT2D eigenvalue weighted by Gasteiger charge is 2.27. The summed E-state index contributed by atoms with van der Waals surface area (Å²) in [6.07, 6.45) is 3.65. The minimum Gasteiger partial charge on any atom is -0.467 e. The summed E-state index contributed by atoms with van der Waals surface area (Å²) in [6, 6.07) is 20.4. The van der Waals surface area contributed by atoms with Gasteiger partial charge in [-0.3, -0.25) is 4.79 Å². The van der Waals surface area contributed by atoms with Crippen molar-refractivity contribution in [3.05, 3.63) is 94.8 Å². The van der Waals surface area contributed by atoms with Crippen LogP contribution in [0.25, 0.3) is 33.0 Å². The lowest BCUT2D eigenvalue weighted by atomic mass is 10.0. The van der Waals surface area contributed by atoms with Gasteiger partial charge in [0.1, 0.15) is 11.6 Å². The molecule has 5 rings (SSSR count). The van der Waals surface area contributed by atoms with Gasteiger partial charge in [0.2, 0.25) is 0 Å². The van der Waals surface area contributed by atoms with E-state index >= 15 is 0 Å². The summed E-state index contributed by atoms with van der Waals surface area (Å²) in [4.78, 5) is 29.4. The molecule has 0 aliphatic carbocycles. The highest BCUT2D eigenvalue weighted by molar-refractivity contribution is 6.30. The van der Waals surface area contributed by atoms with Crippen molar-refractivity contribution in [3.8, 4) is 11.1 Å². The van der Waals surface area contributed by atoms with Gasteiger partial charge in [0.05, 0.1) is 7.11 Å². The predicted octanol–water partition coefficient (Wildman–Crippen LogP) is 6.70. The minimum absolute atomic E-state index is 0.220. The molecule has 0 fully saturated rings. The van der Waals surface area contributed by atoms with Crippen LogP contribution in [0.15, 0.2) is 77.3 Å². The summed E-state index contributed by atoms with van der Waals surface area (Å²) in [6.45, 7) is 2.05. The molecule has 2 N–H and O–H groups in total. The Morgan fingerprint density at radius 1 is 1.03 bits per heavy atom. The number of rotatable bonds is 8. The number of hydrogen-bond donors (Lipinski definition) is 2. The second-order valence-electron chi connectivity index (χ2n) is 8.99. The highest BCUT2D eigenvalue weighted by Crippen LogP contribution is 2.32. The molecule has 0 spiro atoms. The second-order valence-corrected chi connectivity index (χ2v) is 9.43. The van der Waals surface area contributed by atoms with Crippen molar-refractivity contribution in [1.82, 2.24) is 10.3 Å². The summed E-state index contributed by atoms with van der Waals surface area (Å²) in [5.74, 6) is -0.738. The Labute approximate surface area is 219 Å². The molecule has 37 heavy (non-hydrogen) atoms. The van der Waals surface area contributed by atoms with E-state index in [0.29, 0.717) is 17.0 Å². The standard InChI is InChI=1S/C30H27ClN2O4/c1-3-6-24-23-14-11-19(18-9-12-21(31)13-10-18)16-27(23)37-28(24)29(34)33-26(30(35)36-2)15-20-17-32-25-8-5-4-7-22(20)25/h4-5,7-14,16-17,26,32H,3,6,15H2,1-2H3,(H,33,34). The first kappa shape index (κ1) is 24.7. The molecule has 1 unspecified atom stereocenters. The van der Waals surface area contributed by atoms with Gasteiger partial charge in [-0.25, -0.2) is 4.79 Å². The molecule has 0 aliphatic rings. The van der Waals surface area contributed by atoms with Crippen LogP contribution in [0.3, 0.4) is 0 Å². The van der Waals surface area contributed by atoms with Gasteiger partial charge in [0.15, 0.2) is 5.76 Å². The fourth-order valence-corrected chi connectivity index (χ4v) is 4.86. The third kappa shape index (κ3) is 4.98. The third-order valence-electron chi connectivity index (χ3n) is 6.57. The van der Waals surface area contributed by atoms with Gasteiger partial charge in [-0.2, -0.15) is 0 Å². The van der Waals surface area contributed by atoms with Crippen LogP contribution in [0.2, 0.25) is 5.02 Å². The first-order valence-corrected chi connectivity index (χ1v) is 12.6. The first-order valence-electron chi connectivity index (χ1n) is 12.2. The normalized spacial score (nSPS) is 12.1. The molecule has 5 aromatic rings. The van der Waals surface area contributed by atoms with E-state index < -0.39 is 17.9 Å². The van der Waals surface area contributed by atoms with Crippen LogP contribution in [-0.4, -0.2) is 30.0 Å². The lowest BCUT2D eigenvalue weighted by Gasteiger charge is -2.16. The van der Waals surface area contributed by atoms with Crippen LogP contribution in [0.1, 0.15) is 35.0 Å². The van der Waals surface area contributed by atoms with E-state index in [1.165, 1.54) is 7.11 Å². The number of halogens is 1. The van der Waals surface area contributed by atoms with E-state index in [4.69, 9.17) is 20.8 Å². The van der Waals surface area contributed by atoms with E-state index in [0.717, 1.165) is 45.0 Å². The number of benzene rings is 3. The first-order chi connectivity index (χ1) is 18.0. The summed E-state index contributed by atoms with van der Waals surface area (Å²) < 4.78 is 11.1. The summed E-state index contributed by atoms with van der Waals surface area (Å²) in [7, 11) is 1.32. The third-order valence-corrected chi connectivity index (χ3v) is 6.82. The van der Waals surface area contributed by atoms with Crippen molar-refractivity contribution >= 4 is 45.3 Å². The average molecular weight is 515 g/mol. The lowest BCUT2D eigenvalue weighted by molar-refractivity contribution is -0.142. The van der Waals surface area contributed by atoms with Gasteiger partial charge in [0.25, 0.3) is 5.91 Å². The molecule has 0 saturated heterocycles. The SMILES string of the molecule is CCCc1c(C(=O)NC(Cc2c[nH]c3ccccc23)C(=O)OC)oc2cc(-c3ccc(Cl)cc3)ccc12. The van der Waals surface area contributed by atoms with Gasteiger partial charge in [-0.05, 0) is 47.4 Å². The molecule has 6 nitrogen and oxygen atoms in total. The van der Waals surface area contributed by atoms with Crippen molar-refractivity contribution in [3.63, 3.8) is 0 Å². The number of amides is 1. The molecule has 0 bridgehead atoms. The molecule has 7 heteroatoms. The number of fused-ring (bicyclic) bond motifs is 2. The molecule has 0 saturated carbocycles. The monoisotopic (exact) mass is 514 g/mol. The van der Waals surface area contributed by atoms with Crippen LogP contribution < -0.4 is 5.32 Å². The molecular weight excluding hydrogens is 488 g/mol. The van der Waals surface area contributed by atoms with Crippen LogP contribution >= 0.6 is 11.6 Å². The number of methoxy groups -OCH3 is 1. The maximum absolute atomic E-state index is 13.5. The molecule has 0 radical (unpaired) electrons. The van der Waals surface area contributed by atoms with Crippen molar-refractivity contribution in [2.24, 2.45) is 0 Å². The summed E-state index contributed by atoms with van der Waals surface area (Å²) >= 11 is 6.04. The smallest absolute Gasteiger partial charge is 0.328 e. The van der Waals surface area contributed by atoms with Gasteiger partial charge in [-0.15, -0.1) is 0 Å². The fourth-order valence-electron chi connectivity index (χ4n) is 4.73. The second kappa shape index (κ2) is 10.5. The highest BCUT2D eigenvalue weighted by atomic mass is 35.5. The molecule has 2 aromatic heterocycles. The zero-order valence-corrected chi connectivity index (χ0v) is 21.4. The molecule has 1 amide bonds. The average Bonchev–Trinajstić information content (AvgIpc) is 3.49. The summed E-state index contributed by atoms with van der Waals surface area (Å²) in [5, 5.41) is 5.41. The van der Waals surface area contributed by atoms with Crippen molar-refractivity contribution < 1.29 is 18.7 Å². The van der Waals surface area contributed by atoms with Gasteiger partial charge in [-0.1, -0.05) is 67.4 Å². The van der Waals surface area contributed by atoms with E-state index in [-0.39, 0.29) is 12.2 Å². The van der Waals surface area contributed by atoms with Gasteiger partial charge < -0.3 is 19.5 Å². The number of carbonyl (C=O) groups is 2. The van der Waals surface area contributed by atoms with Crippen LogP contribution in [0.4, 0.5) is 0 Å². The Morgan fingerprint density at radius 2 is 1.78 bits per heavy atom. The van der Waals surface area contributed by atoms with E-state index in [1.807, 2.05) is 72.9 Å². The Bertz CT molecular complexity index is 1580. The largest absolute Gasteiger partial charge is 0.467 e. The predicted molar refractivity (Wildman–Crippen MR) is 146 cm³/mol. The Hall–Kier alpha value is -4.03. The Kier molecular flexibility index (Phi) is 7.01. The zero-order valence-electron chi connectivity index (χ0n) is 20.6. The van der Waals surface area contributed by atoms with Gasteiger partial charge >= 0.3 is 5.97 Å². The summed E-state index contributed by atoms with van der Waals surface area (Å²) in [5.41, 5.74) is 5.28. The number of H-pyrrole nitrogens is 1. The molecule has 1 atom stereocenters. The number of furan rings is 1. The molecule has 188 valence electrons. The van der Waals surface area contributed by atoms with Crippen molar-refractivity contribution in [2.75, 3.05) is 7.11 Å². The number of para-hydroxylation sites is 1. The quantitative estimate of drug-likeness (QED) is 0.226. The minimum atomic E-state index is -0.871. The van der Waals surface area contributed by atoms with Gasteiger partial charge in [0, 0.05) is 39.5 Å². The Morgan fingerprint density at radius 3 is 2.54 bits per heavy atom. The van der Waals surface area contributed by atoms with Crippen LogP contribution in [0, 0.1) is 0 Å². The number of aromatic amines is 1. The maximum Gasteiger partial charge on any atom is 0.328 e. The number of esters is 1. The van der Waals surface area contributed by atoms with E-state index in [9.17, 15) is 9.59 Å². The maximum atomic E-state index is 13.5. The van der Waals surface area contributed by atoms with Crippen molar-refractivity contribution in [1.29, 1.82) is 0 Å². The zero-order chi connectivity index (χ0) is 25.9. The number of hydrogen-bond acceptors (Lipinski definition) is 4. The fraction of sp³-hybridized carbons (Fsp3) is 0.200. The molecule has 3 aromatic carbocycles. The number of nitrogens with one attached hydrogen (secondary N) is 2. The number of ether oxygens (including phenoxy) is 1. The van der Waals surface area contributed by atoms with Crippen LogP contribution in [0.5, 0.6) is 0 Å². The number of aryl methyl sites for hydroxylation is 1. The lowest BCUT2D eigenvalue weighted by Crippen LogP contribution is -2.43. The van der Waals surface area contributed by atoms with Crippen molar-refractivity contribution in [2.45, 2.75) is 32.2 Å².